The van der Waals surface area contributed by atoms with Crippen LogP contribution >= 0.6 is 23.4 Å². The summed E-state index contributed by atoms with van der Waals surface area (Å²) in [6.07, 6.45) is 0.150. The summed E-state index contributed by atoms with van der Waals surface area (Å²) < 4.78 is 5.97. The van der Waals surface area contributed by atoms with Crippen LogP contribution in [0.2, 0.25) is 5.02 Å². The van der Waals surface area contributed by atoms with Gasteiger partial charge in [0.15, 0.2) is 0 Å². The Morgan fingerprint density at radius 1 is 1.13 bits per heavy atom. The van der Waals surface area contributed by atoms with Crippen LogP contribution in [-0.4, -0.2) is 64.4 Å². The molecule has 0 amide bonds. The predicted molar refractivity (Wildman–Crippen MR) is 126 cm³/mol. The molecule has 0 aliphatic carbocycles. The zero-order valence-corrected chi connectivity index (χ0v) is 19.3. The highest BCUT2D eigenvalue weighted by Crippen LogP contribution is 2.33. The maximum atomic E-state index is 10.3. The van der Waals surface area contributed by atoms with Gasteiger partial charge in [-0.05, 0) is 48.3 Å². The van der Waals surface area contributed by atoms with Crippen LogP contribution in [0.1, 0.15) is 22.8 Å². The smallest absolute Gasteiger partial charge is 0.335 e. The molecule has 3 atom stereocenters. The quantitative estimate of drug-likeness (QED) is 0.666. The Morgan fingerprint density at radius 2 is 1.74 bits per heavy atom. The minimum absolute atomic E-state index is 0.0805. The number of aromatic carboxylic acids is 1. The maximum absolute atomic E-state index is 10.3. The first-order valence-electron chi connectivity index (χ1n) is 10.5. The van der Waals surface area contributed by atoms with Gasteiger partial charge in [-0.3, -0.25) is 4.90 Å². The number of piperidine rings is 1. The Hall–Kier alpha value is -1.57. The summed E-state index contributed by atoms with van der Waals surface area (Å²) in [5.41, 5.74) is 1.48. The number of carbonyl (C=O) groups is 1. The fraction of sp³-hybridized carbons (Fsp3) is 0.458. The summed E-state index contributed by atoms with van der Waals surface area (Å²) in [6, 6.07) is 16.4. The number of aliphatic hydroxyl groups excluding tert-OH is 1. The van der Waals surface area contributed by atoms with Crippen LogP contribution in [0.5, 0.6) is 0 Å². The van der Waals surface area contributed by atoms with Gasteiger partial charge >= 0.3 is 5.97 Å². The van der Waals surface area contributed by atoms with Crippen LogP contribution in [0.4, 0.5) is 0 Å². The van der Waals surface area contributed by atoms with Crippen molar-refractivity contribution in [3.63, 3.8) is 0 Å². The van der Waals surface area contributed by atoms with Crippen LogP contribution in [0.25, 0.3) is 0 Å². The standard InChI is InChI=1S/C17H25NO2S.C7H5ClO2/c1-13(20-10-14-5-3-2-4-6-14)7-18-8-15-11-21-12-16(9-18)17(15)19;8-6-3-1-5(2-4-6)7(9)10/h2-6,13,15-17,19H,7-12H2,1H3;1-4H,(H,9,10). The van der Waals surface area contributed by atoms with E-state index in [1.165, 1.54) is 17.7 Å². The van der Waals surface area contributed by atoms with Gasteiger partial charge in [0.25, 0.3) is 0 Å². The minimum atomic E-state index is -0.934. The molecule has 2 aliphatic rings. The molecule has 2 saturated heterocycles. The highest BCUT2D eigenvalue weighted by Gasteiger charge is 2.38. The normalized spacial score (nSPS) is 24.0. The summed E-state index contributed by atoms with van der Waals surface area (Å²) in [7, 11) is 0. The number of benzene rings is 2. The summed E-state index contributed by atoms with van der Waals surface area (Å²) in [6.45, 7) is 5.84. The van der Waals surface area contributed by atoms with Crippen molar-refractivity contribution in [3.8, 4) is 0 Å². The molecule has 0 saturated carbocycles. The molecule has 2 aromatic rings. The monoisotopic (exact) mass is 463 g/mol. The van der Waals surface area contributed by atoms with Crippen LogP contribution in [0.15, 0.2) is 54.6 Å². The molecule has 3 unspecified atom stereocenters. The van der Waals surface area contributed by atoms with Gasteiger partial charge in [0.2, 0.25) is 0 Å². The van der Waals surface area contributed by atoms with E-state index in [1.807, 2.05) is 30.0 Å². The number of ether oxygens (including phenoxy) is 1. The number of aliphatic hydroxyl groups is 1. The number of likely N-dealkylation sites (tertiary alicyclic amines) is 1. The number of carboxylic acids is 1. The van der Waals surface area contributed by atoms with Gasteiger partial charge < -0.3 is 14.9 Å². The van der Waals surface area contributed by atoms with Crippen molar-refractivity contribution < 1.29 is 19.7 Å². The van der Waals surface area contributed by atoms with E-state index in [2.05, 4.69) is 24.0 Å². The third kappa shape index (κ3) is 7.51. The van der Waals surface area contributed by atoms with E-state index in [9.17, 15) is 9.90 Å². The molecule has 168 valence electrons. The second-order valence-corrected chi connectivity index (χ2v) is 9.70. The minimum Gasteiger partial charge on any atom is -0.478 e. The van der Waals surface area contributed by atoms with Crippen LogP contribution in [0, 0.1) is 11.8 Å². The lowest BCUT2D eigenvalue weighted by Gasteiger charge is -2.45. The fourth-order valence-electron chi connectivity index (χ4n) is 3.98. The van der Waals surface area contributed by atoms with E-state index in [0.717, 1.165) is 31.1 Å². The summed E-state index contributed by atoms with van der Waals surface area (Å²) in [4.78, 5) is 12.8. The topological polar surface area (TPSA) is 70.0 Å². The van der Waals surface area contributed by atoms with E-state index in [1.54, 1.807) is 12.1 Å². The average Bonchev–Trinajstić information content (AvgIpc) is 2.75. The molecule has 7 heteroatoms. The molecule has 2 N–H and O–H groups in total. The number of fused-ring (bicyclic) bond motifs is 2. The average molecular weight is 464 g/mol. The van der Waals surface area contributed by atoms with Crippen LogP contribution in [0.3, 0.4) is 0 Å². The zero-order chi connectivity index (χ0) is 22.2. The molecular weight excluding hydrogens is 434 g/mol. The van der Waals surface area contributed by atoms with Crippen molar-refractivity contribution in [3.05, 3.63) is 70.7 Å². The van der Waals surface area contributed by atoms with Crippen molar-refractivity contribution in [2.24, 2.45) is 11.8 Å². The van der Waals surface area contributed by atoms with Gasteiger partial charge in [0.1, 0.15) is 0 Å². The Balaban J connectivity index is 0.000000229. The molecule has 0 aromatic heterocycles. The van der Waals surface area contributed by atoms with Crippen molar-refractivity contribution in [1.82, 2.24) is 4.90 Å². The number of hydrogen-bond acceptors (Lipinski definition) is 5. The number of thioether (sulfide) groups is 1. The lowest BCUT2D eigenvalue weighted by Crippen LogP contribution is -2.54. The van der Waals surface area contributed by atoms with E-state index in [-0.39, 0.29) is 17.8 Å². The third-order valence-corrected chi connectivity index (χ3v) is 7.18. The molecular formula is C24H30ClNO4S. The SMILES string of the molecule is CC(CN1CC2CSCC(C1)C2O)OCc1ccccc1.O=C(O)c1ccc(Cl)cc1. The van der Waals surface area contributed by atoms with Gasteiger partial charge in [-0.25, -0.2) is 4.79 Å². The van der Waals surface area contributed by atoms with Crippen molar-refractivity contribution in [2.75, 3.05) is 31.1 Å². The number of halogens is 1. The Kier molecular flexibility index (Phi) is 9.23. The second kappa shape index (κ2) is 11.9. The van der Waals surface area contributed by atoms with Crippen molar-refractivity contribution >= 4 is 29.3 Å². The van der Waals surface area contributed by atoms with Gasteiger partial charge in [0.05, 0.1) is 24.4 Å². The molecule has 4 rings (SSSR count). The summed E-state index contributed by atoms with van der Waals surface area (Å²) in [5, 5.41) is 19.2. The molecule has 0 radical (unpaired) electrons. The lowest BCUT2D eigenvalue weighted by molar-refractivity contribution is -0.0349. The highest BCUT2D eigenvalue weighted by molar-refractivity contribution is 7.99. The van der Waals surface area contributed by atoms with E-state index < -0.39 is 5.97 Å². The van der Waals surface area contributed by atoms with E-state index >= 15 is 0 Å². The molecule has 5 nitrogen and oxygen atoms in total. The fourth-order valence-corrected chi connectivity index (χ4v) is 5.46. The van der Waals surface area contributed by atoms with Crippen LogP contribution in [-0.2, 0) is 11.3 Å². The Morgan fingerprint density at radius 3 is 2.32 bits per heavy atom. The van der Waals surface area contributed by atoms with Gasteiger partial charge in [-0.1, -0.05) is 41.9 Å². The molecule has 0 spiro atoms. The molecule has 2 aliphatic heterocycles. The second-order valence-electron chi connectivity index (χ2n) is 8.19. The van der Waals surface area contributed by atoms with E-state index in [0.29, 0.717) is 23.5 Å². The Bertz CT molecular complexity index is 806. The maximum Gasteiger partial charge on any atom is 0.335 e. The number of rotatable bonds is 6. The number of nitrogens with zero attached hydrogens (tertiary/aromatic N) is 1. The lowest BCUT2D eigenvalue weighted by atomic mass is 9.87. The van der Waals surface area contributed by atoms with Crippen LogP contribution < -0.4 is 0 Å². The summed E-state index contributed by atoms with van der Waals surface area (Å²) >= 11 is 7.52. The Labute approximate surface area is 193 Å². The summed E-state index contributed by atoms with van der Waals surface area (Å²) in [5.74, 6) is 2.17. The van der Waals surface area contributed by atoms with E-state index in [4.69, 9.17) is 21.4 Å². The number of hydrogen-bond donors (Lipinski definition) is 2. The number of carboxylic acid groups (broad SMARTS) is 1. The molecule has 2 aromatic carbocycles. The molecule has 2 fully saturated rings. The van der Waals surface area contributed by atoms with Gasteiger partial charge in [-0.2, -0.15) is 11.8 Å². The largest absolute Gasteiger partial charge is 0.478 e. The molecule has 2 bridgehead atoms. The van der Waals surface area contributed by atoms with Gasteiger partial charge in [-0.15, -0.1) is 0 Å². The predicted octanol–water partition coefficient (Wildman–Crippen LogP) is 4.29. The first-order chi connectivity index (χ1) is 14.9. The first kappa shape index (κ1) is 24.1. The molecule has 31 heavy (non-hydrogen) atoms. The third-order valence-electron chi connectivity index (χ3n) is 5.60. The first-order valence-corrected chi connectivity index (χ1v) is 12.1. The highest BCUT2D eigenvalue weighted by atomic mass is 35.5. The van der Waals surface area contributed by atoms with Crippen molar-refractivity contribution in [2.45, 2.75) is 25.7 Å². The molecule has 2 heterocycles. The van der Waals surface area contributed by atoms with Crippen molar-refractivity contribution in [1.29, 1.82) is 0 Å². The van der Waals surface area contributed by atoms with Gasteiger partial charge in [0, 0.05) is 36.5 Å². The zero-order valence-electron chi connectivity index (χ0n) is 17.7.